The lowest BCUT2D eigenvalue weighted by molar-refractivity contribution is -0.273. The van der Waals surface area contributed by atoms with Crippen molar-refractivity contribution >= 4 is 5.91 Å². The smallest absolute Gasteiger partial charge is 0.384 e. The Balaban J connectivity index is 1.88. The third kappa shape index (κ3) is 3.55. The first kappa shape index (κ1) is 17.5. The summed E-state index contributed by atoms with van der Waals surface area (Å²) in [5, 5.41) is 9.64. The maximum absolute atomic E-state index is 12.8. The maximum Gasteiger partial charge on any atom is 0.417 e. The van der Waals surface area contributed by atoms with Gasteiger partial charge in [-0.1, -0.05) is 6.92 Å². The van der Waals surface area contributed by atoms with Gasteiger partial charge >= 0.3 is 6.18 Å². The van der Waals surface area contributed by atoms with Crippen LogP contribution in [0.25, 0.3) is 0 Å². The number of nitrogens with zero attached hydrogens (tertiary/aromatic N) is 2. The van der Waals surface area contributed by atoms with E-state index < -0.39 is 11.8 Å². The zero-order valence-corrected chi connectivity index (χ0v) is 12.9. The van der Waals surface area contributed by atoms with E-state index in [1.165, 1.54) is 0 Å². The number of hydrogen-bond donors (Lipinski definition) is 1. The molecule has 1 N–H and O–H groups in total. The molecule has 0 aromatic heterocycles. The topological polar surface area (TPSA) is 53.0 Å². The van der Waals surface area contributed by atoms with Gasteiger partial charge in [0.1, 0.15) is 0 Å². The summed E-state index contributed by atoms with van der Waals surface area (Å²) in [5.41, 5.74) is -2.84. The molecule has 2 rings (SSSR count). The minimum atomic E-state index is -4.60. The lowest BCUT2D eigenvalue weighted by Gasteiger charge is -2.40. The zero-order chi connectivity index (χ0) is 16.6. The van der Waals surface area contributed by atoms with Gasteiger partial charge in [0.15, 0.2) is 5.60 Å². The summed E-state index contributed by atoms with van der Waals surface area (Å²) in [6.07, 6.45) is -4.91. The number of carbonyl (C=O) groups excluding carboxylic acids is 1. The Hall–Kier alpha value is -0.860. The fraction of sp³-hybridized carbons (Fsp3) is 0.929. The molecular formula is C14H23F3N2O3. The summed E-state index contributed by atoms with van der Waals surface area (Å²) in [4.78, 5) is 15.5. The van der Waals surface area contributed by atoms with E-state index >= 15 is 0 Å². The van der Waals surface area contributed by atoms with Gasteiger partial charge in [-0.15, -0.1) is 0 Å². The second-order valence-electron chi connectivity index (χ2n) is 6.80. The summed E-state index contributed by atoms with van der Waals surface area (Å²) in [7, 11) is 1.58. The molecule has 128 valence electrons. The van der Waals surface area contributed by atoms with Crippen LogP contribution in [0.1, 0.15) is 26.2 Å². The van der Waals surface area contributed by atoms with Gasteiger partial charge in [0, 0.05) is 38.6 Å². The average Bonchev–Trinajstić information content (AvgIpc) is 2.66. The van der Waals surface area contributed by atoms with Gasteiger partial charge in [0.25, 0.3) is 0 Å². The van der Waals surface area contributed by atoms with Crippen molar-refractivity contribution in [3.05, 3.63) is 0 Å². The first-order valence-electron chi connectivity index (χ1n) is 7.37. The molecule has 8 heteroatoms. The van der Waals surface area contributed by atoms with E-state index in [0.29, 0.717) is 26.2 Å². The number of methoxy groups -OCH3 is 1. The molecule has 5 nitrogen and oxygen atoms in total. The maximum atomic E-state index is 12.8. The molecule has 1 amide bonds. The quantitative estimate of drug-likeness (QED) is 0.845. The lowest BCUT2D eigenvalue weighted by Crippen LogP contribution is -2.55. The second-order valence-corrected chi connectivity index (χ2v) is 6.80. The highest BCUT2D eigenvalue weighted by Gasteiger charge is 2.54. The molecular weight excluding hydrogens is 301 g/mol. The number of carbonyl (C=O) groups is 1. The molecule has 0 radical (unpaired) electrons. The summed E-state index contributed by atoms with van der Waals surface area (Å²) in [6.45, 7) is 3.55. The Morgan fingerprint density at radius 3 is 2.41 bits per heavy atom. The van der Waals surface area contributed by atoms with Gasteiger partial charge in [-0.3, -0.25) is 9.69 Å². The van der Waals surface area contributed by atoms with Crippen molar-refractivity contribution < 1.29 is 27.8 Å². The Labute approximate surface area is 128 Å². The van der Waals surface area contributed by atoms with Gasteiger partial charge in [-0.25, -0.2) is 0 Å². The number of alkyl halides is 3. The van der Waals surface area contributed by atoms with Crippen molar-refractivity contribution in [2.24, 2.45) is 5.41 Å². The molecule has 0 bridgehead atoms. The lowest BCUT2D eigenvalue weighted by atomic mass is 9.91. The van der Waals surface area contributed by atoms with Gasteiger partial charge < -0.3 is 14.7 Å². The molecule has 0 spiro atoms. The van der Waals surface area contributed by atoms with Gasteiger partial charge in [-0.2, -0.15) is 13.2 Å². The van der Waals surface area contributed by atoms with E-state index in [1.807, 2.05) is 6.92 Å². The molecule has 0 aliphatic carbocycles. The van der Waals surface area contributed by atoms with Crippen molar-refractivity contribution in [2.45, 2.75) is 38.0 Å². The van der Waals surface area contributed by atoms with Crippen LogP contribution in [0.15, 0.2) is 0 Å². The van der Waals surface area contributed by atoms with Gasteiger partial charge in [0.05, 0.1) is 13.3 Å². The summed E-state index contributed by atoms with van der Waals surface area (Å²) in [5.74, 6) is -0.00351. The highest BCUT2D eigenvalue weighted by atomic mass is 19.4. The Morgan fingerprint density at radius 2 is 1.91 bits per heavy atom. The molecule has 0 aromatic rings. The van der Waals surface area contributed by atoms with Crippen LogP contribution in [0, 0.1) is 5.41 Å². The van der Waals surface area contributed by atoms with Crippen molar-refractivity contribution in [3.8, 4) is 0 Å². The predicted molar refractivity (Wildman–Crippen MR) is 73.0 cm³/mol. The largest absolute Gasteiger partial charge is 0.417 e. The minimum absolute atomic E-state index is 0.00351. The minimum Gasteiger partial charge on any atom is -0.384 e. The number of likely N-dealkylation sites (tertiary alicyclic amines) is 2. The van der Waals surface area contributed by atoms with Crippen molar-refractivity contribution in [1.29, 1.82) is 0 Å². The molecule has 2 heterocycles. The van der Waals surface area contributed by atoms with E-state index in [0.717, 1.165) is 0 Å². The van der Waals surface area contributed by atoms with Crippen molar-refractivity contribution in [3.63, 3.8) is 0 Å². The number of aliphatic hydroxyl groups is 1. The van der Waals surface area contributed by atoms with Crippen LogP contribution in [0.3, 0.4) is 0 Å². The molecule has 0 aromatic carbocycles. The highest BCUT2D eigenvalue weighted by Crippen LogP contribution is 2.38. The van der Waals surface area contributed by atoms with Crippen molar-refractivity contribution in [1.82, 2.24) is 9.80 Å². The number of halogens is 3. The number of ether oxygens (including phenoxy) is 1. The first-order chi connectivity index (χ1) is 10.1. The van der Waals surface area contributed by atoms with Crippen LogP contribution >= 0.6 is 0 Å². The fourth-order valence-electron chi connectivity index (χ4n) is 3.25. The van der Waals surface area contributed by atoms with E-state index in [1.54, 1.807) is 16.9 Å². The van der Waals surface area contributed by atoms with Crippen LogP contribution in [-0.4, -0.2) is 72.6 Å². The van der Waals surface area contributed by atoms with Gasteiger partial charge in [0.2, 0.25) is 5.91 Å². The molecule has 2 fully saturated rings. The van der Waals surface area contributed by atoms with Crippen LogP contribution in [-0.2, 0) is 9.53 Å². The molecule has 2 aliphatic heterocycles. The fourth-order valence-corrected chi connectivity index (χ4v) is 3.25. The SMILES string of the molecule is COCC1(C)CC(=O)N(CN2CCC(O)(C(F)(F)F)CC2)C1. The molecule has 2 saturated heterocycles. The number of amides is 1. The van der Waals surface area contributed by atoms with E-state index in [4.69, 9.17) is 4.74 Å². The Kier molecular flexibility index (Phi) is 4.75. The second kappa shape index (κ2) is 5.98. The predicted octanol–water partition coefficient (Wildman–Crippen LogP) is 1.22. The first-order valence-corrected chi connectivity index (χ1v) is 7.37. The third-order valence-electron chi connectivity index (χ3n) is 4.58. The molecule has 0 saturated carbocycles. The highest BCUT2D eigenvalue weighted by molar-refractivity contribution is 5.79. The van der Waals surface area contributed by atoms with E-state index in [9.17, 15) is 23.1 Å². The number of rotatable bonds is 4. The summed E-state index contributed by atoms with van der Waals surface area (Å²) < 4.78 is 43.4. The normalized spacial score (nSPS) is 30.1. The summed E-state index contributed by atoms with van der Waals surface area (Å²) >= 11 is 0. The molecule has 2 aliphatic rings. The summed E-state index contributed by atoms with van der Waals surface area (Å²) in [6, 6.07) is 0. The van der Waals surface area contributed by atoms with Crippen LogP contribution in [0.2, 0.25) is 0 Å². The van der Waals surface area contributed by atoms with E-state index in [2.05, 4.69) is 0 Å². The van der Waals surface area contributed by atoms with Crippen LogP contribution in [0.4, 0.5) is 13.2 Å². The number of piperidine rings is 1. The van der Waals surface area contributed by atoms with E-state index in [-0.39, 0.29) is 37.3 Å². The zero-order valence-electron chi connectivity index (χ0n) is 12.9. The van der Waals surface area contributed by atoms with Crippen LogP contribution < -0.4 is 0 Å². The number of hydrogen-bond acceptors (Lipinski definition) is 4. The molecule has 1 atom stereocenters. The van der Waals surface area contributed by atoms with Crippen LogP contribution in [0.5, 0.6) is 0 Å². The van der Waals surface area contributed by atoms with Gasteiger partial charge in [-0.05, 0) is 12.8 Å². The van der Waals surface area contributed by atoms with Crippen molar-refractivity contribution in [2.75, 3.05) is 40.0 Å². The average molecular weight is 324 g/mol. The molecule has 22 heavy (non-hydrogen) atoms. The Morgan fingerprint density at radius 1 is 1.32 bits per heavy atom. The Bertz CT molecular complexity index is 422. The third-order valence-corrected chi connectivity index (χ3v) is 4.58. The molecule has 1 unspecified atom stereocenters. The standard InChI is InChI=1S/C14H23F3N2O3/c1-12(9-22-2)7-11(20)19(8-12)10-18-5-3-13(21,4-6-18)14(15,16)17/h21H,3-10H2,1-2H3. The monoisotopic (exact) mass is 324 g/mol.